The molecule has 10 heteroatoms. The van der Waals surface area contributed by atoms with Gasteiger partial charge in [0.15, 0.2) is 17.1 Å². The summed E-state index contributed by atoms with van der Waals surface area (Å²) >= 11 is 1.20. The quantitative estimate of drug-likeness (QED) is 0.367. The van der Waals surface area contributed by atoms with Crippen molar-refractivity contribution in [3.63, 3.8) is 0 Å². The van der Waals surface area contributed by atoms with Gasteiger partial charge in [-0.3, -0.25) is 14.9 Å². The summed E-state index contributed by atoms with van der Waals surface area (Å²) in [6.07, 6.45) is 2.20. The number of imide groups is 1. The predicted octanol–water partition coefficient (Wildman–Crippen LogP) is 2.39. The Morgan fingerprint density at radius 1 is 1.06 bits per heavy atom. The molecular formula is C22H17N5O4S. The van der Waals surface area contributed by atoms with E-state index in [2.05, 4.69) is 20.4 Å². The second-order valence-corrected chi connectivity index (χ2v) is 7.84. The van der Waals surface area contributed by atoms with Crippen molar-refractivity contribution in [2.45, 2.75) is 11.1 Å². The number of aromatic nitrogens is 4. The van der Waals surface area contributed by atoms with Gasteiger partial charge in [-0.1, -0.05) is 42.1 Å². The van der Waals surface area contributed by atoms with Crippen LogP contribution < -0.4 is 14.8 Å². The highest BCUT2D eigenvalue weighted by Gasteiger charge is 2.28. The molecule has 5 rings (SSSR count). The molecule has 0 radical (unpaired) electrons. The molecule has 0 unspecified atom stereocenters. The van der Waals surface area contributed by atoms with Crippen LogP contribution in [0.1, 0.15) is 0 Å². The van der Waals surface area contributed by atoms with E-state index in [0.717, 1.165) is 11.1 Å². The first-order valence-corrected chi connectivity index (χ1v) is 10.8. The molecule has 32 heavy (non-hydrogen) atoms. The first-order valence-electron chi connectivity index (χ1n) is 9.78. The van der Waals surface area contributed by atoms with Crippen molar-refractivity contribution in [3.8, 4) is 17.2 Å². The Balaban J connectivity index is 1.23. The summed E-state index contributed by atoms with van der Waals surface area (Å²) in [4.78, 5) is 33.4. The van der Waals surface area contributed by atoms with E-state index in [9.17, 15) is 9.59 Å². The molecule has 1 atom stereocenters. The molecule has 2 aromatic carbocycles. The zero-order chi connectivity index (χ0) is 21.9. The van der Waals surface area contributed by atoms with Crippen molar-refractivity contribution in [3.05, 3.63) is 67.1 Å². The van der Waals surface area contributed by atoms with Gasteiger partial charge in [0.05, 0.1) is 23.0 Å². The molecule has 0 saturated carbocycles. The average molecular weight is 447 g/mol. The van der Waals surface area contributed by atoms with E-state index in [4.69, 9.17) is 9.47 Å². The van der Waals surface area contributed by atoms with Crippen LogP contribution in [0.25, 0.3) is 16.7 Å². The fourth-order valence-electron chi connectivity index (χ4n) is 3.23. The molecule has 1 N–H and O–H groups in total. The molecule has 0 bridgehead atoms. The number of carbonyl (C=O) groups is 2. The van der Waals surface area contributed by atoms with Crippen LogP contribution in [-0.2, 0) is 9.59 Å². The van der Waals surface area contributed by atoms with Gasteiger partial charge in [-0.2, -0.15) is 5.10 Å². The summed E-state index contributed by atoms with van der Waals surface area (Å²) < 4.78 is 12.9. The van der Waals surface area contributed by atoms with Gasteiger partial charge in [-0.05, 0) is 24.3 Å². The highest BCUT2D eigenvalue weighted by Crippen LogP contribution is 2.31. The third-order valence-corrected chi connectivity index (χ3v) is 5.74. The number of rotatable bonds is 5. The van der Waals surface area contributed by atoms with E-state index in [1.165, 1.54) is 18.1 Å². The minimum atomic E-state index is -0.895. The SMILES string of the molecule is O=C(CSc1ncnc2c1cnn2-c1ccccc1)NC(=O)[C@@H]1COc2ccccc2O1. The van der Waals surface area contributed by atoms with E-state index < -0.39 is 17.9 Å². The zero-order valence-corrected chi connectivity index (χ0v) is 17.5. The fourth-order valence-corrected chi connectivity index (χ4v) is 3.99. The van der Waals surface area contributed by atoms with Gasteiger partial charge in [0.2, 0.25) is 12.0 Å². The van der Waals surface area contributed by atoms with Crippen molar-refractivity contribution in [2.24, 2.45) is 0 Å². The van der Waals surface area contributed by atoms with E-state index in [1.54, 1.807) is 29.1 Å². The topological polar surface area (TPSA) is 108 Å². The Morgan fingerprint density at radius 3 is 2.69 bits per heavy atom. The molecule has 2 aromatic heterocycles. The van der Waals surface area contributed by atoms with E-state index >= 15 is 0 Å². The average Bonchev–Trinajstić information content (AvgIpc) is 3.28. The van der Waals surface area contributed by atoms with Crippen LogP contribution in [0, 0.1) is 0 Å². The highest BCUT2D eigenvalue weighted by atomic mass is 32.2. The number of nitrogens with one attached hydrogen (secondary N) is 1. The monoisotopic (exact) mass is 447 g/mol. The van der Waals surface area contributed by atoms with Crippen molar-refractivity contribution in [2.75, 3.05) is 12.4 Å². The van der Waals surface area contributed by atoms with Crippen LogP contribution >= 0.6 is 11.8 Å². The minimum Gasteiger partial charge on any atom is -0.485 e. The number of carbonyl (C=O) groups excluding carboxylic acids is 2. The highest BCUT2D eigenvalue weighted by molar-refractivity contribution is 8.00. The summed E-state index contributed by atoms with van der Waals surface area (Å²) in [6.45, 7) is 0.0362. The summed E-state index contributed by atoms with van der Waals surface area (Å²) in [6, 6.07) is 16.7. The number of fused-ring (bicyclic) bond motifs is 2. The molecule has 0 saturated heterocycles. The van der Waals surface area contributed by atoms with Crippen LogP contribution in [0.3, 0.4) is 0 Å². The predicted molar refractivity (Wildman–Crippen MR) is 117 cm³/mol. The largest absolute Gasteiger partial charge is 0.485 e. The van der Waals surface area contributed by atoms with Crippen molar-refractivity contribution in [1.82, 2.24) is 25.1 Å². The fraction of sp³-hybridized carbons (Fsp3) is 0.136. The maximum Gasteiger partial charge on any atom is 0.271 e. The standard InChI is InChI=1S/C22H17N5O4S/c28-19(26-21(29)18-11-30-16-8-4-5-9-17(16)31-18)12-32-22-15-10-25-27(20(15)23-13-24-22)14-6-2-1-3-7-14/h1-10,13,18H,11-12H2,(H,26,28,29)/t18-/m0/s1. The number of hydrogen-bond acceptors (Lipinski definition) is 8. The molecule has 0 fully saturated rings. The van der Waals surface area contributed by atoms with Gasteiger partial charge < -0.3 is 9.47 Å². The van der Waals surface area contributed by atoms with Crippen LogP contribution in [0.5, 0.6) is 11.5 Å². The maximum atomic E-state index is 12.4. The van der Waals surface area contributed by atoms with E-state index in [0.29, 0.717) is 22.2 Å². The van der Waals surface area contributed by atoms with Gasteiger partial charge in [0.25, 0.3) is 5.91 Å². The number of para-hydroxylation sites is 3. The number of thioether (sulfide) groups is 1. The molecule has 4 aromatic rings. The lowest BCUT2D eigenvalue weighted by molar-refractivity contribution is -0.135. The molecule has 160 valence electrons. The third kappa shape index (κ3) is 4.00. The Labute approximate surface area is 186 Å². The molecule has 1 aliphatic rings. The second-order valence-electron chi connectivity index (χ2n) is 6.87. The van der Waals surface area contributed by atoms with Crippen LogP contribution in [-0.4, -0.2) is 50.0 Å². The normalized spacial score (nSPS) is 14.8. The molecular weight excluding hydrogens is 430 g/mol. The molecule has 0 spiro atoms. The van der Waals surface area contributed by atoms with Gasteiger partial charge in [0, 0.05) is 0 Å². The Hall–Kier alpha value is -3.92. The van der Waals surface area contributed by atoms with Crippen LogP contribution in [0.15, 0.2) is 72.1 Å². The summed E-state index contributed by atoms with van der Waals surface area (Å²) in [5.74, 6) is 0.0414. The van der Waals surface area contributed by atoms with Gasteiger partial charge >= 0.3 is 0 Å². The summed E-state index contributed by atoms with van der Waals surface area (Å²) in [5.41, 5.74) is 1.51. The lowest BCUT2D eigenvalue weighted by Gasteiger charge is -2.25. The first-order chi connectivity index (χ1) is 15.7. The van der Waals surface area contributed by atoms with Crippen LogP contribution in [0.2, 0.25) is 0 Å². The third-order valence-electron chi connectivity index (χ3n) is 4.73. The Kier molecular flexibility index (Phi) is 5.42. The second kappa shape index (κ2) is 8.67. The van der Waals surface area contributed by atoms with Crippen molar-refractivity contribution < 1.29 is 19.1 Å². The number of benzene rings is 2. The molecule has 9 nitrogen and oxygen atoms in total. The lowest BCUT2D eigenvalue weighted by Crippen LogP contribution is -2.46. The minimum absolute atomic E-state index is 0.00145. The number of hydrogen-bond donors (Lipinski definition) is 1. The first kappa shape index (κ1) is 20.0. The molecule has 0 aliphatic carbocycles. The molecule has 2 amide bonds. The van der Waals surface area contributed by atoms with E-state index in [-0.39, 0.29) is 12.4 Å². The van der Waals surface area contributed by atoms with Crippen LogP contribution in [0.4, 0.5) is 0 Å². The lowest BCUT2D eigenvalue weighted by atomic mass is 10.2. The number of nitrogens with zero attached hydrogens (tertiary/aromatic N) is 4. The van der Waals surface area contributed by atoms with Crippen molar-refractivity contribution >= 4 is 34.6 Å². The molecule has 3 heterocycles. The number of amides is 2. The zero-order valence-electron chi connectivity index (χ0n) is 16.7. The van der Waals surface area contributed by atoms with Gasteiger partial charge in [-0.15, -0.1) is 0 Å². The molecule has 1 aliphatic heterocycles. The van der Waals surface area contributed by atoms with Crippen molar-refractivity contribution in [1.29, 1.82) is 0 Å². The Bertz CT molecular complexity index is 1290. The van der Waals surface area contributed by atoms with Gasteiger partial charge in [0.1, 0.15) is 18.0 Å². The summed E-state index contributed by atoms with van der Waals surface area (Å²) in [7, 11) is 0. The van der Waals surface area contributed by atoms with E-state index in [1.807, 2.05) is 36.4 Å². The summed E-state index contributed by atoms with van der Waals surface area (Å²) in [5, 5.41) is 8.08. The smallest absolute Gasteiger partial charge is 0.271 e. The maximum absolute atomic E-state index is 12.4. The number of ether oxygens (including phenoxy) is 2. The Morgan fingerprint density at radius 2 is 1.84 bits per heavy atom. The van der Waals surface area contributed by atoms with Gasteiger partial charge in [-0.25, -0.2) is 14.6 Å².